The fraction of sp³-hybridized carbons (Fsp3) is 0.375. The number of nitrogens with two attached hydrogens (primary N) is 1. The summed E-state index contributed by atoms with van der Waals surface area (Å²) in [5.74, 6) is 5.06. The minimum Gasteiger partial charge on any atom is -0.395 e. The maximum Gasteiger partial charge on any atom is 0.254 e. The van der Waals surface area contributed by atoms with Crippen molar-refractivity contribution in [1.82, 2.24) is 4.90 Å². The van der Waals surface area contributed by atoms with Crippen molar-refractivity contribution in [3.8, 4) is 11.8 Å². The summed E-state index contributed by atoms with van der Waals surface area (Å²) in [6.45, 7) is 0.562. The smallest absolute Gasteiger partial charge is 0.254 e. The largest absolute Gasteiger partial charge is 0.395 e. The number of carbonyl (C=O) groups is 2. The number of amides is 2. The van der Waals surface area contributed by atoms with Crippen LogP contribution in [0.1, 0.15) is 35.2 Å². The van der Waals surface area contributed by atoms with Gasteiger partial charge >= 0.3 is 0 Å². The molecule has 1 aliphatic heterocycles. The van der Waals surface area contributed by atoms with Crippen molar-refractivity contribution in [3.63, 3.8) is 0 Å². The van der Waals surface area contributed by atoms with E-state index >= 15 is 0 Å². The van der Waals surface area contributed by atoms with Crippen LogP contribution in [0.4, 0.5) is 0 Å². The molecular formula is C16H18N2O3. The standard InChI is InChI=1S/C16H18N2O3/c17-15(20)14-8-4-9-18(14)16(21)13-7-3-6-12(11-13)5-1-2-10-19/h3,6-7,11,14,19H,2,4,8-10H2,(H2,17,20). The number of hydrogen-bond acceptors (Lipinski definition) is 3. The van der Waals surface area contributed by atoms with Gasteiger partial charge in [0, 0.05) is 24.1 Å². The summed E-state index contributed by atoms with van der Waals surface area (Å²) in [4.78, 5) is 25.4. The lowest BCUT2D eigenvalue weighted by Gasteiger charge is -2.22. The normalized spacial score (nSPS) is 17.2. The van der Waals surface area contributed by atoms with Gasteiger partial charge in [-0.25, -0.2) is 0 Å². The third-order valence-corrected chi connectivity index (χ3v) is 3.42. The molecule has 1 atom stereocenters. The number of hydrogen-bond donors (Lipinski definition) is 2. The van der Waals surface area contributed by atoms with Gasteiger partial charge in [-0.1, -0.05) is 17.9 Å². The Morgan fingerprint density at radius 2 is 2.24 bits per heavy atom. The number of primary amides is 1. The average Bonchev–Trinajstić information content (AvgIpc) is 2.97. The Morgan fingerprint density at radius 3 is 2.95 bits per heavy atom. The van der Waals surface area contributed by atoms with E-state index in [9.17, 15) is 9.59 Å². The highest BCUT2D eigenvalue weighted by atomic mass is 16.2. The molecule has 0 aliphatic carbocycles. The molecule has 1 fully saturated rings. The molecule has 5 heteroatoms. The summed E-state index contributed by atoms with van der Waals surface area (Å²) < 4.78 is 0. The zero-order valence-electron chi connectivity index (χ0n) is 11.7. The minimum absolute atomic E-state index is 0.0136. The van der Waals surface area contributed by atoms with Crippen molar-refractivity contribution in [2.24, 2.45) is 5.73 Å². The van der Waals surface area contributed by atoms with Crippen LogP contribution in [0.2, 0.25) is 0 Å². The molecule has 0 radical (unpaired) electrons. The Balaban J connectivity index is 2.18. The van der Waals surface area contributed by atoms with Crippen LogP contribution in [-0.2, 0) is 4.79 Å². The van der Waals surface area contributed by atoms with Gasteiger partial charge in [-0.3, -0.25) is 9.59 Å². The Hall–Kier alpha value is -2.32. The monoisotopic (exact) mass is 286 g/mol. The summed E-state index contributed by atoms with van der Waals surface area (Å²) in [6.07, 6.45) is 1.81. The number of aliphatic hydroxyl groups excluding tert-OH is 1. The van der Waals surface area contributed by atoms with E-state index < -0.39 is 11.9 Å². The molecule has 1 saturated heterocycles. The van der Waals surface area contributed by atoms with E-state index in [0.717, 1.165) is 6.42 Å². The highest BCUT2D eigenvalue weighted by molar-refractivity contribution is 5.98. The van der Waals surface area contributed by atoms with Crippen molar-refractivity contribution >= 4 is 11.8 Å². The summed E-state index contributed by atoms with van der Waals surface area (Å²) in [6, 6.07) is 6.45. The van der Waals surface area contributed by atoms with Crippen LogP contribution in [0.5, 0.6) is 0 Å². The van der Waals surface area contributed by atoms with Crippen LogP contribution in [0.25, 0.3) is 0 Å². The molecule has 3 N–H and O–H groups in total. The van der Waals surface area contributed by atoms with E-state index in [1.807, 2.05) is 0 Å². The second-order valence-electron chi connectivity index (χ2n) is 4.92. The van der Waals surface area contributed by atoms with Gasteiger partial charge in [0.05, 0.1) is 6.61 Å². The van der Waals surface area contributed by atoms with Crippen molar-refractivity contribution in [1.29, 1.82) is 0 Å². The van der Waals surface area contributed by atoms with Crippen LogP contribution in [0, 0.1) is 11.8 Å². The molecule has 1 heterocycles. The van der Waals surface area contributed by atoms with E-state index in [2.05, 4.69) is 11.8 Å². The topological polar surface area (TPSA) is 83.6 Å². The molecule has 1 unspecified atom stereocenters. The molecule has 0 saturated carbocycles. The minimum atomic E-state index is -0.512. The van der Waals surface area contributed by atoms with E-state index in [1.54, 1.807) is 24.3 Å². The zero-order chi connectivity index (χ0) is 15.2. The SMILES string of the molecule is NC(=O)C1CCCN1C(=O)c1cccc(C#CCCO)c1. The Labute approximate surface area is 123 Å². The van der Waals surface area contributed by atoms with E-state index in [0.29, 0.717) is 30.5 Å². The van der Waals surface area contributed by atoms with Gasteiger partial charge in [-0.15, -0.1) is 0 Å². The van der Waals surface area contributed by atoms with Gasteiger partial charge in [0.1, 0.15) is 6.04 Å². The predicted octanol–water partition coefficient (Wildman–Crippen LogP) is 0.510. The number of nitrogens with zero attached hydrogens (tertiary/aromatic N) is 1. The van der Waals surface area contributed by atoms with Gasteiger partial charge in [-0.05, 0) is 31.0 Å². The molecule has 1 aromatic carbocycles. The number of rotatable bonds is 3. The predicted molar refractivity (Wildman–Crippen MR) is 78.3 cm³/mol. The molecule has 5 nitrogen and oxygen atoms in total. The molecule has 1 aromatic rings. The molecule has 2 rings (SSSR count). The second kappa shape index (κ2) is 6.91. The van der Waals surface area contributed by atoms with E-state index in [-0.39, 0.29) is 12.5 Å². The fourth-order valence-electron chi connectivity index (χ4n) is 2.42. The Morgan fingerprint density at radius 1 is 1.43 bits per heavy atom. The molecule has 0 bridgehead atoms. The molecule has 0 spiro atoms. The Bertz CT molecular complexity index is 601. The first kappa shape index (κ1) is 15.1. The van der Waals surface area contributed by atoms with Crippen molar-refractivity contribution in [3.05, 3.63) is 35.4 Å². The van der Waals surface area contributed by atoms with Gasteiger partial charge < -0.3 is 15.7 Å². The van der Waals surface area contributed by atoms with Gasteiger partial charge in [0.2, 0.25) is 5.91 Å². The number of likely N-dealkylation sites (tertiary alicyclic amines) is 1. The van der Waals surface area contributed by atoms with Crippen molar-refractivity contribution in [2.45, 2.75) is 25.3 Å². The molecule has 110 valence electrons. The van der Waals surface area contributed by atoms with Crippen LogP contribution in [-0.4, -0.2) is 41.0 Å². The summed E-state index contributed by atoms with van der Waals surface area (Å²) in [5, 5.41) is 8.70. The van der Waals surface area contributed by atoms with Crippen LogP contribution in [0.3, 0.4) is 0 Å². The van der Waals surface area contributed by atoms with Gasteiger partial charge in [-0.2, -0.15) is 0 Å². The zero-order valence-corrected chi connectivity index (χ0v) is 11.7. The van der Waals surface area contributed by atoms with Gasteiger partial charge in [0.25, 0.3) is 5.91 Å². The first-order chi connectivity index (χ1) is 10.1. The summed E-state index contributed by atoms with van der Waals surface area (Å²) in [7, 11) is 0. The highest BCUT2D eigenvalue weighted by Gasteiger charge is 2.33. The fourth-order valence-corrected chi connectivity index (χ4v) is 2.42. The maximum absolute atomic E-state index is 12.5. The Kier molecular flexibility index (Phi) is 4.96. The molecular weight excluding hydrogens is 268 g/mol. The summed E-state index contributed by atoms with van der Waals surface area (Å²) in [5.41, 5.74) is 6.55. The first-order valence-electron chi connectivity index (χ1n) is 6.93. The van der Waals surface area contributed by atoms with E-state index in [4.69, 9.17) is 10.8 Å². The second-order valence-corrected chi connectivity index (χ2v) is 4.92. The average molecular weight is 286 g/mol. The maximum atomic E-state index is 12.5. The number of benzene rings is 1. The molecule has 2 amide bonds. The lowest BCUT2D eigenvalue weighted by Crippen LogP contribution is -2.43. The molecule has 21 heavy (non-hydrogen) atoms. The van der Waals surface area contributed by atoms with Crippen LogP contribution >= 0.6 is 0 Å². The lowest BCUT2D eigenvalue weighted by atomic mass is 10.1. The van der Waals surface area contributed by atoms with Crippen LogP contribution in [0.15, 0.2) is 24.3 Å². The summed E-state index contributed by atoms with van der Waals surface area (Å²) >= 11 is 0. The van der Waals surface area contributed by atoms with E-state index in [1.165, 1.54) is 4.90 Å². The third-order valence-electron chi connectivity index (χ3n) is 3.42. The quantitative estimate of drug-likeness (QED) is 0.794. The number of carbonyl (C=O) groups excluding carboxylic acids is 2. The number of aliphatic hydroxyl groups is 1. The molecule has 1 aliphatic rings. The lowest BCUT2D eigenvalue weighted by molar-refractivity contribution is -0.121. The third kappa shape index (κ3) is 3.61. The van der Waals surface area contributed by atoms with Gasteiger partial charge in [0.15, 0.2) is 0 Å². The van der Waals surface area contributed by atoms with Crippen molar-refractivity contribution in [2.75, 3.05) is 13.2 Å². The first-order valence-corrected chi connectivity index (χ1v) is 6.93. The molecule has 0 aromatic heterocycles. The highest BCUT2D eigenvalue weighted by Crippen LogP contribution is 2.20. The van der Waals surface area contributed by atoms with Crippen LogP contribution < -0.4 is 5.73 Å². The van der Waals surface area contributed by atoms with Crippen molar-refractivity contribution < 1.29 is 14.7 Å².